The predicted octanol–water partition coefficient (Wildman–Crippen LogP) is 1.68. The highest BCUT2D eigenvalue weighted by atomic mass is 35.5. The molecule has 0 bridgehead atoms. The van der Waals surface area contributed by atoms with E-state index in [-0.39, 0.29) is 12.4 Å². The summed E-state index contributed by atoms with van der Waals surface area (Å²) in [5.74, 6) is 0. The van der Waals surface area contributed by atoms with E-state index in [1.54, 1.807) is 0 Å². The average molecular weight is 259 g/mol. The van der Waals surface area contributed by atoms with E-state index >= 15 is 0 Å². The first-order valence-electron chi connectivity index (χ1n) is 6.15. The first-order valence-corrected chi connectivity index (χ1v) is 6.15. The van der Waals surface area contributed by atoms with Crippen LogP contribution in [0.4, 0.5) is 0 Å². The Morgan fingerprint density at radius 3 is 2.94 bits per heavy atom. The molecule has 0 amide bonds. The van der Waals surface area contributed by atoms with Gasteiger partial charge in [0.15, 0.2) is 0 Å². The molecular formula is C12H23ClN4. The van der Waals surface area contributed by atoms with Crippen LogP contribution < -0.4 is 5.32 Å². The Balaban J connectivity index is 0.00000144. The van der Waals surface area contributed by atoms with Gasteiger partial charge in [0.1, 0.15) is 0 Å². The number of piperazine rings is 1. The zero-order valence-electron chi connectivity index (χ0n) is 10.9. The maximum Gasteiger partial charge on any atom is 0.0527 e. The lowest BCUT2D eigenvalue weighted by Gasteiger charge is -2.32. The van der Waals surface area contributed by atoms with Crippen molar-refractivity contribution in [1.82, 2.24) is 20.0 Å². The topological polar surface area (TPSA) is 33.1 Å². The molecule has 1 saturated heterocycles. The van der Waals surface area contributed by atoms with Gasteiger partial charge in [-0.2, -0.15) is 5.10 Å². The number of hydrogen-bond acceptors (Lipinski definition) is 3. The molecule has 0 spiro atoms. The van der Waals surface area contributed by atoms with Gasteiger partial charge in [-0.25, -0.2) is 0 Å². The summed E-state index contributed by atoms with van der Waals surface area (Å²) in [5, 5.41) is 7.84. The molecule has 1 aromatic heterocycles. The maximum absolute atomic E-state index is 4.37. The number of halogens is 1. The summed E-state index contributed by atoms with van der Waals surface area (Å²) in [6, 6.07) is 3.18. The van der Waals surface area contributed by atoms with Gasteiger partial charge in [0.25, 0.3) is 0 Å². The molecule has 1 fully saturated rings. The first kappa shape index (κ1) is 14.5. The zero-order chi connectivity index (χ0) is 11.5. The fraction of sp³-hybridized carbons (Fsp3) is 0.750. The van der Waals surface area contributed by atoms with Gasteiger partial charge in [-0.05, 0) is 26.8 Å². The number of hydrogen-bond donors (Lipinski definition) is 1. The van der Waals surface area contributed by atoms with Gasteiger partial charge in [0.2, 0.25) is 0 Å². The van der Waals surface area contributed by atoms with Gasteiger partial charge < -0.3 is 5.32 Å². The fourth-order valence-electron chi connectivity index (χ4n) is 2.32. The Morgan fingerprint density at radius 2 is 2.29 bits per heavy atom. The van der Waals surface area contributed by atoms with Crippen LogP contribution in [0.25, 0.3) is 0 Å². The number of nitrogens with zero attached hydrogens (tertiary/aromatic N) is 3. The molecule has 4 nitrogen and oxygen atoms in total. The van der Waals surface area contributed by atoms with Gasteiger partial charge in [-0.3, -0.25) is 9.58 Å². The van der Waals surface area contributed by atoms with E-state index in [0.29, 0.717) is 12.1 Å². The summed E-state index contributed by atoms with van der Waals surface area (Å²) in [6.45, 7) is 11.0. The van der Waals surface area contributed by atoms with Gasteiger partial charge in [-0.1, -0.05) is 0 Å². The van der Waals surface area contributed by atoms with Gasteiger partial charge in [0, 0.05) is 44.5 Å². The van der Waals surface area contributed by atoms with Crippen molar-refractivity contribution >= 4 is 12.4 Å². The molecule has 1 aliphatic rings. The molecule has 0 aliphatic carbocycles. The molecule has 1 N–H and O–H groups in total. The van der Waals surface area contributed by atoms with E-state index in [2.05, 4.69) is 46.8 Å². The molecule has 2 heterocycles. The number of rotatable bonds is 3. The molecule has 2 rings (SSSR count). The lowest BCUT2D eigenvalue weighted by molar-refractivity contribution is 0.193. The van der Waals surface area contributed by atoms with E-state index in [4.69, 9.17) is 0 Å². The molecule has 98 valence electrons. The third kappa shape index (κ3) is 3.69. The Kier molecular flexibility index (Phi) is 5.43. The smallest absolute Gasteiger partial charge is 0.0527 e. The quantitative estimate of drug-likeness (QED) is 0.896. The van der Waals surface area contributed by atoms with Crippen molar-refractivity contribution in [2.24, 2.45) is 0 Å². The van der Waals surface area contributed by atoms with Crippen LogP contribution >= 0.6 is 12.4 Å². The van der Waals surface area contributed by atoms with Crippen molar-refractivity contribution < 1.29 is 0 Å². The summed E-state index contributed by atoms with van der Waals surface area (Å²) in [5.41, 5.74) is 1.32. The minimum atomic E-state index is 0. The van der Waals surface area contributed by atoms with Crippen LogP contribution in [0.1, 0.15) is 32.5 Å². The molecule has 5 heteroatoms. The van der Waals surface area contributed by atoms with Gasteiger partial charge >= 0.3 is 0 Å². The zero-order valence-corrected chi connectivity index (χ0v) is 11.7. The van der Waals surface area contributed by atoms with Crippen molar-refractivity contribution in [3.05, 3.63) is 18.0 Å². The normalized spacial score (nSPS) is 21.5. The Morgan fingerprint density at radius 1 is 1.53 bits per heavy atom. The number of aromatic nitrogens is 2. The Bertz CT molecular complexity index is 337. The average Bonchev–Trinajstić information content (AvgIpc) is 2.66. The number of nitrogens with one attached hydrogen (secondary N) is 1. The first-order chi connectivity index (χ1) is 7.66. The molecule has 1 aliphatic heterocycles. The Hall–Kier alpha value is -0.580. The Labute approximate surface area is 110 Å². The second-order valence-electron chi connectivity index (χ2n) is 4.95. The third-order valence-corrected chi connectivity index (χ3v) is 3.08. The minimum Gasteiger partial charge on any atom is -0.312 e. The molecule has 0 saturated carbocycles. The van der Waals surface area contributed by atoms with Crippen molar-refractivity contribution in [1.29, 1.82) is 0 Å². The second kappa shape index (κ2) is 6.38. The SMILES string of the molecule is CC(C)n1nccc1CN1CCN[C@H](C)C1.Cl. The molecule has 17 heavy (non-hydrogen) atoms. The van der Waals surface area contributed by atoms with Crippen molar-refractivity contribution in [2.45, 2.75) is 39.4 Å². The van der Waals surface area contributed by atoms with Crippen molar-refractivity contribution in [3.8, 4) is 0 Å². The molecular weight excluding hydrogens is 236 g/mol. The van der Waals surface area contributed by atoms with Crippen LogP contribution in [0, 0.1) is 0 Å². The molecule has 1 aromatic rings. The molecule has 0 aromatic carbocycles. The molecule has 0 radical (unpaired) electrons. The van der Waals surface area contributed by atoms with E-state index < -0.39 is 0 Å². The minimum absolute atomic E-state index is 0. The third-order valence-electron chi connectivity index (χ3n) is 3.08. The van der Waals surface area contributed by atoms with Crippen LogP contribution in [0.3, 0.4) is 0 Å². The van der Waals surface area contributed by atoms with Crippen LogP contribution in [-0.2, 0) is 6.54 Å². The van der Waals surface area contributed by atoms with E-state index in [9.17, 15) is 0 Å². The highest BCUT2D eigenvalue weighted by molar-refractivity contribution is 5.85. The van der Waals surface area contributed by atoms with Gasteiger partial charge in [0.05, 0.1) is 5.69 Å². The lowest BCUT2D eigenvalue weighted by Crippen LogP contribution is -2.48. The fourth-order valence-corrected chi connectivity index (χ4v) is 2.32. The van der Waals surface area contributed by atoms with Crippen LogP contribution in [-0.4, -0.2) is 40.4 Å². The van der Waals surface area contributed by atoms with Gasteiger partial charge in [-0.15, -0.1) is 12.4 Å². The van der Waals surface area contributed by atoms with Crippen molar-refractivity contribution in [2.75, 3.05) is 19.6 Å². The largest absolute Gasteiger partial charge is 0.312 e. The molecule has 0 unspecified atom stereocenters. The van der Waals surface area contributed by atoms with Crippen LogP contribution in [0.15, 0.2) is 12.3 Å². The monoisotopic (exact) mass is 258 g/mol. The van der Waals surface area contributed by atoms with Crippen LogP contribution in [0.2, 0.25) is 0 Å². The summed E-state index contributed by atoms with van der Waals surface area (Å²) >= 11 is 0. The van der Waals surface area contributed by atoms with E-state index in [0.717, 1.165) is 26.2 Å². The standard InChI is InChI=1S/C12H22N4.ClH/c1-10(2)16-12(4-5-14-16)9-15-7-6-13-11(3)8-15;/h4-5,10-11,13H,6-9H2,1-3H3;1H/t11-;/m1./s1. The van der Waals surface area contributed by atoms with Crippen LogP contribution in [0.5, 0.6) is 0 Å². The summed E-state index contributed by atoms with van der Waals surface area (Å²) in [7, 11) is 0. The lowest BCUT2D eigenvalue weighted by atomic mass is 10.2. The van der Waals surface area contributed by atoms with E-state index in [1.807, 2.05) is 6.20 Å². The van der Waals surface area contributed by atoms with E-state index in [1.165, 1.54) is 5.69 Å². The highest BCUT2D eigenvalue weighted by Crippen LogP contribution is 2.11. The maximum atomic E-state index is 4.37. The molecule has 1 atom stereocenters. The highest BCUT2D eigenvalue weighted by Gasteiger charge is 2.17. The summed E-state index contributed by atoms with van der Waals surface area (Å²) in [6.07, 6.45) is 1.90. The summed E-state index contributed by atoms with van der Waals surface area (Å²) in [4.78, 5) is 2.50. The van der Waals surface area contributed by atoms with Crippen molar-refractivity contribution in [3.63, 3.8) is 0 Å². The second-order valence-corrected chi connectivity index (χ2v) is 4.95. The summed E-state index contributed by atoms with van der Waals surface area (Å²) < 4.78 is 2.12. The predicted molar refractivity (Wildman–Crippen MR) is 72.6 cm³/mol.